The van der Waals surface area contributed by atoms with Gasteiger partial charge < -0.3 is 5.32 Å². The number of nitrogens with zero attached hydrogens (tertiary/aromatic N) is 3. The number of rotatable bonds is 6. The highest BCUT2D eigenvalue weighted by molar-refractivity contribution is 7.09. The normalized spacial score (nSPS) is 11.1. The lowest BCUT2D eigenvalue weighted by molar-refractivity contribution is 0.0955. The molecule has 0 fully saturated rings. The first-order valence-corrected chi connectivity index (χ1v) is 10.2. The van der Waals surface area contributed by atoms with Crippen LogP contribution in [0.5, 0.6) is 0 Å². The Morgan fingerprint density at radius 3 is 2.75 bits per heavy atom. The van der Waals surface area contributed by atoms with Gasteiger partial charge in [-0.15, -0.1) is 11.3 Å². The Morgan fingerprint density at radius 2 is 2.00 bits per heavy atom. The van der Waals surface area contributed by atoms with Crippen LogP contribution in [0.1, 0.15) is 32.1 Å². The summed E-state index contributed by atoms with van der Waals surface area (Å²) in [6.07, 6.45) is 2.58. The second-order valence-corrected chi connectivity index (χ2v) is 7.95. The average molecular weight is 391 g/mol. The first-order valence-electron chi connectivity index (χ1n) is 9.29. The topological polar surface area (TPSA) is 59.8 Å². The van der Waals surface area contributed by atoms with Crippen molar-refractivity contribution in [3.8, 4) is 0 Å². The summed E-state index contributed by atoms with van der Waals surface area (Å²) in [4.78, 5) is 18.7. The molecule has 0 bridgehead atoms. The molecule has 0 aliphatic rings. The lowest BCUT2D eigenvalue weighted by Crippen LogP contribution is -2.26. The van der Waals surface area contributed by atoms with Gasteiger partial charge in [-0.25, -0.2) is 9.67 Å². The lowest BCUT2D eigenvalue weighted by atomic mass is 10.1. The second-order valence-electron chi connectivity index (χ2n) is 6.92. The van der Waals surface area contributed by atoms with Crippen LogP contribution in [0.25, 0.3) is 11.0 Å². The molecule has 1 aromatic carbocycles. The largest absolute Gasteiger partial charge is 0.352 e. The molecule has 28 heavy (non-hydrogen) atoms. The molecule has 0 saturated heterocycles. The Balaban J connectivity index is 1.56. The number of aryl methyl sites for hydroxylation is 2. The number of thiophene rings is 1. The molecule has 4 rings (SSSR count). The van der Waals surface area contributed by atoms with E-state index in [4.69, 9.17) is 0 Å². The number of benzene rings is 1. The highest BCUT2D eigenvalue weighted by Gasteiger charge is 2.16. The monoisotopic (exact) mass is 390 g/mol. The molecule has 1 amide bonds. The van der Waals surface area contributed by atoms with Crippen LogP contribution >= 0.6 is 11.3 Å². The summed E-state index contributed by atoms with van der Waals surface area (Å²) < 4.78 is 1.86. The van der Waals surface area contributed by atoms with Crippen LogP contribution in [0, 0.1) is 13.8 Å². The SMILES string of the molecule is Cc1ccc(Cn2ncc3c(C(=O)NCCc4cccs4)cc(C)nc32)cc1. The first kappa shape index (κ1) is 18.4. The van der Waals surface area contributed by atoms with Gasteiger partial charge in [0.25, 0.3) is 5.91 Å². The molecule has 1 N–H and O–H groups in total. The maximum absolute atomic E-state index is 12.8. The third-order valence-corrected chi connectivity index (χ3v) is 5.61. The standard InChI is InChI=1S/C22H22N4OS/c1-15-5-7-17(8-6-15)14-26-21-20(13-24-26)19(12-16(2)25-21)22(27)23-10-9-18-4-3-11-28-18/h3-8,11-13H,9-10,14H2,1-2H3,(H,23,27). The maximum atomic E-state index is 12.8. The highest BCUT2D eigenvalue weighted by atomic mass is 32.1. The fourth-order valence-electron chi connectivity index (χ4n) is 3.19. The van der Waals surface area contributed by atoms with Gasteiger partial charge in [-0.2, -0.15) is 5.10 Å². The molecule has 0 unspecified atom stereocenters. The van der Waals surface area contributed by atoms with Crippen LogP contribution in [0.15, 0.2) is 54.0 Å². The zero-order valence-electron chi connectivity index (χ0n) is 16.0. The van der Waals surface area contributed by atoms with Gasteiger partial charge in [0.1, 0.15) is 0 Å². The predicted molar refractivity (Wildman–Crippen MR) is 113 cm³/mol. The molecule has 0 aliphatic carbocycles. The smallest absolute Gasteiger partial charge is 0.252 e. The quantitative estimate of drug-likeness (QED) is 0.538. The lowest BCUT2D eigenvalue weighted by Gasteiger charge is -2.08. The van der Waals surface area contributed by atoms with Crippen molar-refractivity contribution >= 4 is 28.3 Å². The van der Waals surface area contributed by atoms with Gasteiger partial charge in [-0.05, 0) is 43.3 Å². The van der Waals surface area contributed by atoms with Crippen molar-refractivity contribution in [3.63, 3.8) is 0 Å². The van der Waals surface area contributed by atoms with Crippen LogP contribution in [0.3, 0.4) is 0 Å². The van der Waals surface area contributed by atoms with Gasteiger partial charge in [0.05, 0.1) is 23.7 Å². The van der Waals surface area contributed by atoms with Gasteiger partial charge >= 0.3 is 0 Å². The zero-order valence-corrected chi connectivity index (χ0v) is 16.8. The van der Waals surface area contributed by atoms with Crippen LogP contribution in [0.2, 0.25) is 0 Å². The molecule has 5 nitrogen and oxygen atoms in total. The summed E-state index contributed by atoms with van der Waals surface area (Å²) in [5, 5.41) is 10.4. The molecule has 0 saturated carbocycles. The van der Waals surface area contributed by atoms with E-state index in [2.05, 4.69) is 58.0 Å². The van der Waals surface area contributed by atoms with Gasteiger partial charge in [0, 0.05) is 17.1 Å². The summed E-state index contributed by atoms with van der Waals surface area (Å²) in [5.74, 6) is -0.0815. The van der Waals surface area contributed by atoms with Gasteiger partial charge in [0.2, 0.25) is 0 Å². The fourth-order valence-corrected chi connectivity index (χ4v) is 3.90. The number of hydrogen-bond donors (Lipinski definition) is 1. The van der Waals surface area contributed by atoms with Gasteiger partial charge in [0.15, 0.2) is 5.65 Å². The summed E-state index contributed by atoms with van der Waals surface area (Å²) in [7, 11) is 0. The number of carbonyl (C=O) groups excluding carboxylic acids is 1. The molecule has 6 heteroatoms. The third kappa shape index (κ3) is 3.97. The zero-order chi connectivity index (χ0) is 19.5. The van der Waals surface area contributed by atoms with Gasteiger partial charge in [-0.1, -0.05) is 35.9 Å². The number of amides is 1. The minimum Gasteiger partial charge on any atom is -0.352 e. The summed E-state index contributed by atoms with van der Waals surface area (Å²) >= 11 is 1.71. The molecule has 142 valence electrons. The van der Waals surface area contributed by atoms with E-state index >= 15 is 0 Å². The summed E-state index contributed by atoms with van der Waals surface area (Å²) in [6, 6.07) is 14.3. The number of pyridine rings is 1. The Labute approximate surface area is 168 Å². The number of fused-ring (bicyclic) bond motifs is 1. The Kier molecular flexibility index (Phi) is 5.21. The first-order chi connectivity index (χ1) is 13.6. The minimum atomic E-state index is -0.0815. The molecular formula is C22H22N4OS. The van der Waals surface area contributed by atoms with E-state index in [-0.39, 0.29) is 5.91 Å². The van der Waals surface area contributed by atoms with Crippen LogP contribution in [0.4, 0.5) is 0 Å². The number of carbonyl (C=O) groups is 1. The second kappa shape index (κ2) is 7.94. The van der Waals surface area contributed by atoms with Crippen molar-refractivity contribution in [1.82, 2.24) is 20.1 Å². The molecular weight excluding hydrogens is 368 g/mol. The van der Waals surface area contributed by atoms with Crippen LogP contribution in [-0.2, 0) is 13.0 Å². The Bertz CT molecular complexity index is 1100. The molecule has 0 radical (unpaired) electrons. The average Bonchev–Trinajstić information content (AvgIpc) is 3.33. The Morgan fingerprint density at radius 1 is 1.18 bits per heavy atom. The van der Waals surface area contributed by atoms with E-state index in [1.807, 2.05) is 23.7 Å². The van der Waals surface area contributed by atoms with Crippen LogP contribution < -0.4 is 5.32 Å². The van der Waals surface area contributed by atoms with E-state index in [0.717, 1.165) is 28.7 Å². The minimum absolute atomic E-state index is 0.0815. The molecule has 0 spiro atoms. The van der Waals surface area contributed by atoms with Gasteiger partial charge in [-0.3, -0.25) is 4.79 Å². The maximum Gasteiger partial charge on any atom is 0.252 e. The van der Waals surface area contributed by atoms with Crippen molar-refractivity contribution in [3.05, 3.63) is 81.3 Å². The van der Waals surface area contributed by atoms with Crippen molar-refractivity contribution in [2.45, 2.75) is 26.8 Å². The number of hydrogen-bond acceptors (Lipinski definition) is 4. The molecule has 3 aromatic heterocycles. The van der Waals surface area contributed by atoms with E-state index in [9.17, 15) is 4.79 Å². The Hall–Kier alpha value is -2.99. The highest BCUT2D eigenvalue weighted by Crippen LogP contribution is 2.19. The molecule has 0 aliphatic heterocycles. The van der Waals surface area contributed by atoms with Crippen molar-refractivity contribution < 1.29 is 4.79 Å². The fraction of sp³-hybridized carbons (Fsp3) is 0.227. The molecule has 4 aromatic rings. The number of nitrogens with one attached hydrogen (secondary N) is 1. The van der Waals surface area contributed by atoms with E-state index < -0.39 is 0 Å². The van der Waals surface area contributed by atoms with E-state index in [1.54, 1.807) is 17.5 Å². The van der Waals surface area contributed by atoms with Crippen molar-refractivity contribution in [2.75, 3.05) is 6.54 Å². The van der Waals surface area contributed by atoms with E-state index in [1.165, 1.54) is 10.4 Å². The van der Waals surface area contributed by atoms with Crippen molar-refractivity contribution in [1.29, 1.82) is 0 Å². The summed E-state index contributed by atoms with van der Waals surface area (Å²) in [5.41, 5.74) is 4.56. The predicted octanol–water partition coefficient (Wildman–Crippen LogP) is 4.13. The summed E-state index contributed by atoms with van der Waals surface area (Å²) in [6.45, 7) is 5.21. The van der Waals surface area contributed by atoms with Crippen LogP contribution in [-0.4, -0.2) is 27.2 Å². The molecule has 0 atom stereocenters. The number of aromatic nitrogens is 3. The third-order valence-electron chi connectivity index (χ3n) is 4.67. The van der Waals surface area contributed by atoms with Crippen molar-refractivity contribution in [2.24, 2.45) is 0 Å². The van der Waals surface area contributed by atoms with E-state index in [0.29, 0.717) is 18.7 Å². The molecule has 3 heterocycles.